The van der Waals surface area contributed by atoms with E-state index in [2.05, 4.69) is 15.6 Å². The molecule has 0 radical (unpaired) electrons. The number of hydrogen-bond donors (Lipinski definition) is 3. The summed E-state index contributed by atoms with van der Waals surface area (Å²) in [5, 5.41) is 6.90. The lowest BCUT2D eigenvalue weighted by molar-refractivity contribution is -0.131. The van der Waals surface area contributed by atoms with Crippen LogP contribution in [0.5, 0.6) is 0 Å². The number of aromatic nitrogens is 1. The van der Waals surface area contributed by atoms with Crippen LogP contribution >= 0.6 is 0 Å². The van der Waals surface area contributed by atoms with Gasteiger partial charge in [-0.2, -0.15) is 0 Å². The van der Waals surface area contributed by atoms with Gasteiger partial charge in [0.25, 0.3) is 5.56 Å². The Hall–Kier alpha value is -4.64. The SMILES string of the molecule is CCc1cc2ccc1[C@@H](C)COC(=O)Nc1ccc(S(=O)(=O)C3CC3)c(c1)CN(C)C(=O)C2Nc1ccc2cc[nH]c(=O)c2c1. The molecule has 234 valence electrons. The van der Waals surface area contributed by atoms with E-state index >= 15 is 0 Å². The first-order chi connectivity index (χ1) is 21.5. The van der Waals surface area contributed by atoms with Gasteiger partial charge in [0, 0.05) is 42.5 Å². The number of anilines is 2. The van der Waals surface area contributed by atoms with E-state index in [0.717, 1.165) is 16.5 Å². The van der Waals surface area contributed by atoms with Gasteiger partial charge in [-0.25, -0.2) is 13.2 Å². The van der Waals surface area contributed by atoms with Crippen LogP contribution in [0.25, 0.3) is 10.8 Å². The summed E-state index contributed by atoms with van der Waals surface area (Å²) in [7, 11) is -1.98. The number of H-pyrrole nitrogens is 1. The fraction of sp³-hybridized carbons (Fsp3) is 0.324. The molecule has 3 aromatic carbocycles. The topological polar surface area (TPSA) is 138 Å². The molecule has 1 fully saturated rings. The number of aryl methyl sites for hydroxylation is 1. The first kappa shape index (κ1) is 30.4. The molecule has 1 aromatic heterocycles. The van der Waals surface area contributed by atoms with Crippen molar-refractivity contribution >= 4 is 44.0 Å². The van der Waals surface area contributed by atoms with Gasteiger partial charge < -0.3 is 19.9 Å². The summed E-state index contributed by atoms with van der Waals surface area (Å²) >= 11 is 0. The number of ether oxygens (including phenoxy) is 1. The molecule has 3 aliphatic rings. The second-order valence-corrected chi connectivity index (χ2v) is 14.1. The molecule has 1 saturated carbocycles. The lowest BCUT2D eigenvalue weighted by Gasteiger charge is -2.28. The van der Waals surface area contributed by atoms with E-state index in [9.17, 15) is 22.8 Å². The zero-order valence-corrected chi connectivity index (χ0v) is 26.2. The van der Waals surface area contributed by atoms with E-state index in [-0.39, 0.29) is 35.4 Å². The third-order valence-corrected chi connectivity index (χ3v) is 10.9. The van der Waals surface area contributed by atoms with Crippen molar-refractivity contribution in [2.45, 2.75) is 61.8 Å². The Morgan fingerprint density at radius 2 is 1.80 bits per heavy atom. The number of nitrogens with zero attached hydrogens (tertiary/aromatic N) is 1. The number of rotatable bonds is 5. The van der Waals surface area contributed by atoms with Crippen molar-refractivity contribution in [2.75, 3.05) is 24.3 Å². The van der Waals surface area contributed by atoms with E-state index in [0.29, 0.717) is 47.2 Å². The van der Waals surface area contributed by atoms with Gasteiger partial charge in [-0.05, 0) is 83.3 Å². The fourth-order valence-electron chi connectivity index (χ4n) is 5.93. The maximum absolute atomic E-state index is 14.3. The van der Waals surface area contributed by atoms with Gasteiger partial charge in [0.1, 0.15) is 6.04 Å². The Bertz CT molecular complexity index is 1970. The molecule has 3 heterocycles. The van der Waals surface area contributed by atoms with Crippen molar-refractivity contribution in [3.63, 3.8) is 0 Å². The number of nitrogens with one attached hydrogen (secondary N) is 3. The molecule has 2 atom stereocenters. The molecule has 2 amide bonds. The highest BCUT2D eigenvalue weighted by Gasteiger charge is 2.38. The summed E-state index contributed by atoms with van der Waals surface area (Å²) < 4.78 is 32.3. The average Bonchev–Trinajstić information content (AvgIpc) is 3.88. The summed E-state index contributed by atoms with van der Waals surface area (Å²) in [6, 6.07) is 16.8. The Kier molecular flexibility index (Phi) is 8.13. The molecule has 4 aromatic rings. The van der Waals surface area contributed by atoms with Crippen LogP contribution in [0, 0.1) is 0 Å². The minimum Gasteiger partial charge on any atom is -0.449 e. The number of benzene rings is 3. The Morgan fingerprint density at radius 3 is 2.56 bits per heavy atom. The van der Waals surface area contributed by atoms with Crippen LogP contribution in [-0.2, 0) is 32.3 Å². The molecular weight excluding hydrogens is 592 g/mol. The third kappa shape index (κ3) is 6.17. The highest BCUT2D eigenvalue weighted by molar-refractivity contribution is 7.92. The zero-order valence-electron chi connectivity index (χ0n) is 25.4. The van der Waals surface area contributed by atoms with E-state index < -0.39 is 27.2 Å². The zero-order chi connectivity index (χ0) is 31.9. The van der Waals surface area contributed by atoms with Crippen LogP contribution in [0.2, 0.25) is 0 Å². The molecule has 0 spiro atoms. The Balaban J connectivity index is 1.45. The minimum atomic E-state index is -3.61. The van der Waals surface area contributed by atoms with Crippen molar-refractivity contribution in [2.24, 2.45) is 0 Å². The average molecular weight is 629 g/mol. The smallest absolute Gasteiger partial charge is 0.411 e. The quantitative estimate of drug-likeness (QED) is 0.265. The Labute approximate surface area is 261 Å². The van der Waals surface area contributed by atoms with Crippen LogP contribution in [-0.4, -0.2) is 49.2 Å². The van der Waals surface area contributed by atoms with Gasteiger partial charge in [-0.1, -0.05) is 38.1 Å². The molecule has 1 aliphatic carbocycles. The summed E-state index contributed by atoms with van der Waals surface area (Å²) in [5.74, 6) is -0.411. The van der Waals surface area contributed by atoms with Crippen molar-refractivity contribution < 1.29 is 22.7 Å². The second kappa shape index (κ2) is 12.0. The largest absolute Gasteiger partial charge is 0.449 e. The van der Waals surface area contributed by atoms with E-state index in [1.54, 1.807) is 31.4 Å². The van der Waals surface area contributed by atoms with Gasteiger partial charge in [-0.3, -0.25) is 14.9 Å². The number of pyridine rings is 1. The first-order valence-electron chi connectivity index (χ1n) is 15.1. The number of carbonyl (C=O) groups excluding carboxylic acids is 2. The van der Waals surface area contributed by atoms with Crippen LogP contribution < -0.4 is 16.2 Å². The van der Waals surface area contributed by atoms with E-state index in [1.807, 2.05) is 50.2 Å². The van der Waals surface area contributed by atoms with Gasteiger partial charge in [0.05, 0.1) is 16.8 Å². The normalized spacial score (nSPS) is 19.3. The highest BCUT2D eigenvalue weighted by Crippen LogP contribution is 2.37. The van der Waals surface area contributed by atoms with Crippen LogP contribution in [0.15, 0.2) is 76.6 Å². The van der Waals surface area contributed by atoms with Crippen molar-refractivity contribution in [1.82, 2.24) is 9.88 Å². The van der Waals surface area contributed by atoms with Crippen molar-refractivity contribution in [3.8, 4) is 0 Å². The molecule has 1 unspecified atom stereocenters. The molecule has 3 N–H and O–H groups in total. The molecule has 7 rings (SSSR count). The standard InChI is InChI=1S/C34H36N4O6S/c1-4-21-15-23-6-11-28(21)20(2)19-44-34(41)37-25-8-12-30(45(42,43)27-9-10-27)24(16-25)18-38(3)33(40)31(23)36-26-7-5-22-13-14-35-32(39)29(22)17-26/h5-8,11-17,20,27,31,36H,4,9-10,18-19H2,1-3H3,(H,35,39)(H,37,41)/t20-,31?/m0/s1. The van der Waals surface area contributed by atoms with Crippen LogP contribution in [0.4, 0.5) is 16.2 Å². The van der Waals surface area contributed by atoms with Gasteiger partial charge in [0.2, 0.25) is 5.91 Å². The van der Waals surface area contributed by atoms with E-state index in [4.69, 9.17) is 4.74 Å². The number of sulfone groups is 1. The summed E-state index contributed by atoms with van der Waals surface area (Å²) in [6.07, 6.45) is 2.83. The first-order valence-corrected chi connectivity index (χ1v) is 16.7. The summed E-state index contributed by atoms with van der Waals surface area (Å²) in [5.41, 5.74) is 3.86. The van der Waals surface area contributed by atoms with Gasteiger partial charge in [-0.15, -0.1) is 0 Å². The van der Waals surface area contributed by atoms with Crippen molar-refractivity contribution in [1.29, 1.82) is 0 Å². The summed E-state index contributed by atoms with van der Waals surface area (Å²) in [4.78, 5) is 43.9. The predicted molar refractivity (Wildman–Crippen MR) is 173 cm³/mol. The summed E-state index contributed by atoms with van der Waals surface area (Å²) in [6.45, 7) is 4.12. The number of amides is 2. The molecule has 0 saturated heterocycles. The van der Waals surface area contributed by atoms with Crippen molar-refractivity contribution in [3.05, 3.63) is 99.5 Å². The van der Waals surface area contributed by atoms with Crippen LogP contribution in [0.3, 0.4) is 0 Å². The number of carbonyl (C=O) groups is 2. The maximum atomic E-state index is 14.3. The number of fused-ring (bicyclic) bond motifs is 10. The molecule has 45 heavy (non-hydrogen) atoms. The van der Waals surface area contributed by atoms with Crippen LogP contribution in [0.1, 0.15) is 60.9 Å². The highest BCUT2D eigenvalue weighted by atomic mass is 32.2. The molecular formula is C34H36N4O6S. The number of likely N-dealkylation sites (N-methyl/N-ethyl adjacent to an activating group) is 1. The third-order valence-electron chi connectivity index (χ3n) is 8.57. The lowest BCUT2D eigenvalue weighted by Crippen LogP contribution is -2.35. The second-order valence-electron chi connectivity index (χ2n) is 11.9. The molecule has 10 nitrogen and oxygen atoms in total. The fourth-order valence-corrected chi connectivity index (χ4v) is 7.80. The predicted octanol–water partition coefficient (Wildman–Crippen LogP) is 5.50. The Morgan fingerprint density at radius 1 is 1.00 bits per heavy atom. The number of aromatic amines is 1. The molecule has 11 heteroatoms. The maximum Gasteiger partial charge on any atom is 0.411 e. The lowest BCUT2D eigenvalue weighted by atomic mass is 9.91. The molecule has 2 aliphatic heterocycles. The van der Waals surface area contributed by atoms with E-state index in [1.165, 1.54) is 11.0 Å². The van der Waals surface area contributed by atoms with Gasteiger partial charge in [0.15, 0.2) is 9.84 Å². The molecule has 4 bridgehead atoms. The van der Waals surface area contributed by atoms with Gasteiger partial charge >= 0.3 is 6.09 Å². The minimum absolute atomic E-state index is 0.0179. The monoisotopic (exact) mass is 628 g/mol. The number of hydrogen-bond acceptors (Lipinski definition) is 7.